The summed E-state index contributed by atoms with van der Waals surface area (Å²) in [7, 11) is 1.65. The zero-order chi connectivity index (χ0) is 32.4. The molecule has 48 heavy (non-hydrogen) atoms. The Balaban J connectivity index is 0.914. The molecule has 4 aromatic rings. The first-order valence-corrected chi connectivity index (χ1v) is 17.3. The minimum atomic E-state index is -0.218. The number of nitrogens with one attached hydrogen (secondary N) is 1. The summed E-state index contributed by atoms with van der Waals surface area (Å²) in [6, 6.07) is 18.2. The predicted molar refractivity (Wildman–Crippen MR) is 190 cm³/mol. The number of hydrogen-bond acceptors (Lipinski definition) is 7. The summed E-state index contributed by atoms with van der Waals surface area (Å²) in [6.45, 7) is 1.17. The molecule has 5 aliphatic rings. The maximum absolute atomic E-state index is 13.8. The van der Waals surface area contributed by atoms with Crippen molar-refractivity contribution in [3.8, 4) is 17.0 Å². The number of benzene rings is 2. The van der Waals surface area contributed by atoms with E-state index in [1.54, 1.807) is 37.4 Å². The molecular formula is C39H33N5O3S. The van der Waals surface area contributed by atoms with Crippen LogP contribution in [0, 0.1) is 0 Å². The van der Waals surface area contributed by atoms with Crippen LogP contribution in [0.2, 0.25) is 0 Å². The number of aromatic nitrogens is 2. The third kappa shape index (κ3) is 4.95. The SMILES string of the molecule is COc1cc(C(=O)N2CCC3(CC2)CC(=O)c2cc(-c4ccc(C5=NC=CC5=C5C=CC=N5)[nH]4)ccc2S3)nc2c(C3CC3)cccc12. The number of allylic oxidation sites excluding steroid dienone is 4. The van der Waals surface area contributed by atoms with Gasteiger partial charge < -0.3 is 14.6 Å². The van der Waals surface area contributed by atoms with Crippen molar-refractivity contribution in [3.05, 3.63) is 113 Å². The van der Waals surface area contributed by atoms with Gasteiger partial charge in [0, 0.05) is 69.9 Å². The van der Waals surface area contributed by atoms with Crippen LogP contribution in [0.25, 0.3) is 22.2 Å². The topological polar surface area (TPSA) is 100 Å². The molecule has 8 nitrogen and oxygen atoms in total. The summed E-state index contributed by atoms with van der Waals surface area (Å²) in [5, 5.41) is 0.950. The summed E-state index contributed by atoms with van der Waals surface area (Å²) >= 11 is 1.80. The number of nitrogens with zero attached hydrogens (tertiary/aromatic N) is 4. The highest BCUT2D eigenvalue weighted by molar-refractivity contribution is 8.01. The minimum absolute atomic E-state index is 0.0757. The lowest BCUT2D eigenvalue weighted by Crippen LogP contribution is -2.47. The number of H-pyrrole nitrogens is 1. The second-order valence-electron chi connectivity index (χ2n) is 13.1. The molecule has 1 saturated carbocycles. The van der Waals surface area contributed by atoms with Gasteiger partial charge in [0.15, 0.2) is 5.78 Å². The van der Waals surface area contributed by atoms with Crippen LogP contribution in [0.15, 0.2) is 105 Å². The Kier molecular flexibility index (Phi) is 6.86. The number of ether oxygens (including phenoxy) is 1. The van der Waals surface area contributed by atoms with E-state index in [2.05, 4.69) is 33.2 Å². The third-order valence-electron chi connectivity index (χ3n) is 10.1. The maximum Gasteiger partial charge on any atom is 0.272 e. The second-order valence-corrected chi connectivity index (χ2v) is 14.6. The van der Waals surface area contributed by atoms with Gasteiger partial charge in [-0.3, -0.25) is 19.6 Å². The first kappa shape index (κ1) is 29.1. The number of methoxy groups -OCH3 is 1. The Bertz CT molecular complexity index is 2180. The fraction of sp³-hybridized carbons (Fsp3) is 0.256. The van der Waals surface area contributed by atoms with Crippen LogP contribution in [-0.4, -0.2) is 63.4 Å². The molecule has 238 valence electrons. The average Bonchev–Trinajstić information content (AvgIpc) is 3.46. The van der Waals surface area contributed by atoms with Crippen molar-refractivity contribution in [1.82, 2.24) is 14.9 Å². The lowest BCUT2D eigenvalue weighted by atomic mass is 9.87. The van der Waals surface area contributed by atoms with E-state index >= 15 is 0 Å². The number of carbonyl (C=O) groups is 2. The third-order valence-corrected chi connectivity index (χ3v) is 11.7. The first-order valence-electron chi connectivity index (χ1n) is 16.5. The van der Waals surface area contributed by atoms with Gasteiger partial charge in [-0.25, -0.2) is 4.98 Å². The Morgan fingerprint density at radius 2 is 1.90 bits per heavy atom. The van der Waals surface area contributed by atoms with E-state index in [0.29, 0.717) is 36.9 Å². The lowest BCUT2D eigenvalue weighted by Gasteiger charge is -2.43. The van der Waals surface area contributed by atoms with Gasteiger partial charge in [0.25, 0.3) is 5.91 Å². The largest absolute Gasteiger partial charge is 0.496 e. The number of piperidine rings is 1. The van der Waals surface area contributed by atoms with Gasteiger partial charge in [0.1, 0.15) is 11.4 Å². The summed E-state index contributed by atoms with van der Waals surface area (Å²) in [6.07, 6.45) is 13.7. The van der Waals surface area contributed by atoms with Crippen LogP contribution in [0.3, 0.4) is 0 Å². The van der Waals surface area contributed by atoms with Crippen LogP contribution >= 0.6 is 11.8 Å². The molecular weight excluding hydrogens is 619 g/mol. The van der Waals surface area contributed by atoms with Gasteiger partial charge in [-0.1, -0.05) is 18.2 Å². The highest BCUT2D eigenvalue weighted by Crippen LogP contribution is 2.50. The number of hydrogen-bond donors (Lipinski definition) is 1. The fourth-order valence-corrected chi connectivity index (χ4v) is 8.85. The number of carbonyl (C=O) groups excluding carboxylic acids is 2. The lowest BCUT2D eigenvalue weighted by molar-refractivity contribution is 0.0690. The van der Waals surface area contributed by atoms with Crippen LogP contribution in [0.5, 0.6) is 5.75 Å². The maximum atomic E-state index is 13.8. The smallest absolute Gasteiger partial charge is 0.272 e. The van der Waals surface area contributed by atoms with Crippen LogP contribution in [0.1, 0.15) is 70.1 Å². The molecule has 2 aromatic carbocycles. The van der Waals surface area contributed by atoms with E-state index < -0.39 is 0 Å². The van der Waals surface area contributed by atoms with Crippen molar-refractivity contribution in [2.24, 2.45) is 9.98 Å². The van der Waals surface area contributed by atoms with Crippen molar-refractivity contribution in [3.63, 3.8) is 0 Å². The predicted octanol–water partition coefficient (Wildman–Crippen LogP) is 7.68. The van der Waals surface area contributed by atoms with E-state index in [1.165, 1.54) is 5.56 Å². The number of ketones is 1. The number of likely N-dealkylation sites (tertiary alicyclic amines) is 1. The Labute approximate surface area is 282 Å². The molecule has 0 atom stereocenters. The van der Waals surface area contributed by atoms with Gasteiger partial charge in [0.05, 0.1) is 29.7 Å². The average molecular weight is 652 g/mol. The number of Topliss-reactive ketones (excluding diaryl/α,β-unsaturated/α-hetero) is 1. The van der Waals surface area contributed by atoms with Gasteiger partial charge in [-0.2, -0.15) is 0 Å². The van der Waals surface area contributed by atoms with E-state index in [0.717, 1.165) is 81.0 Å². The van der Waals surface area contributed by atoms with Crippen molar-refractivity contribution < 1.29 is 14.3 Å². The van der Waals surface area contributed by atoms with E-state index in [4.69, 9.17) is 9.72 Å². The molecule has 0 unspecified atom stereocenters. The van der Waals surface area contributed by atoms with Crippen LogP contribution in [-0.2, 0) is 0 Å². The molecule has 2 aromatic heterocycles. The monoisotopic (exact) mass is 651 g/mol. The molecule has 9 rings (SSSR count). The number of aromatic amines is 1. The number of aliphatic imine (C=N–C) groups is 2. The molecule has 9 heteroatoms. The molecule has 1 N–H and O–H groups in total. The van der Waals surface area contributed by atoms with E-state index in [-0.39, 0.29) is 16.4 Å². The molecule has 6 heterocycles. The Hall–Kier alpha value is -5.02. The van der Waals surface area contributed by atoms with Crippen molar-refractivity contribution in [1.29, 1.82) is 0 Å². The van der Waals surface area contributed by atoms with Crippen LogP contribution < -0.4 is 4.74 Å². The zero-order valence-corrected chi connectivity index (χ0v) is 27.3. The normalized spacial score (nSPS) is 21.0. The highest BCUT2D eigenvalue weighted by Gasteiger charge is 2.43. The molecule has 1 aliphatic carbocycles. The van der Waals surface area contributed by atoms with Crippen LogP contribution in [0.4, 0.5) is 0 Å². The molecule has 4 aliphatic heterocycles. The highest BCUT2D eigenvalue weighted by atomic mass is 32.2. The summed E-state index contributed by atoms with van der Waals surface area (Å²) in [4.78, 5) is 47.8. The summed E-state index contributed by atoms with van der Waals surface area (Å²) in [5.74, 6) is 1.28. The first-order chi connectivity index (χ1) is 23.5. The van der Waals surface area contributed by atoms with Gasteiger partial charge in [0.2, 0.25) is 0 Å². The molecule has 0 bridgehead atoms. The quantitative estimate of drug-likeness (QED) is 0.239. The molecule has 1 saturated heterocycles. The van der Waals surface area contributed by atoms with E-state index in [1.807, 2.05) is 53.5 Å². The molecule has 1 amide bonds. The fourth-order valence-electron chi connectivity index (χ4n) is 7.38. The standard InChI is InChI=1S/C39H33N5O3S/c1-47-34-21-32(43-36-25(23-7-8-23)4-2-5-27(34)36)38(46)44-18-14-39(15-19-44)22-33(45)28-20-24(9-12-35(28)48-39)29-10-11-31(42-29)37-26(13-17-41-37)30-6-3-16-40-30/h2-6,9-13,16-17,20-21,23,42H,7-8,14-15,18-19,22H2,1H3. The van der Waals surface area contributed by atoms with Gasteiger partial charge >= 0.3 is 0 Å². The molecule has 2 fully saturated rings. The zero-order valence-electron chi connectivity index (χ0n) is 26.5. The minimum Gasteiger partial charge on any atom is -0.496 e. The molecule has 1 spiro atoms. The second kappa shape index (κ2) is 11.3. The number of thioether (sulfide) groups is 1. The van der Waals surface area contributed by atoms with Crippen molar-refractivity contribution in [2.75, 3.05) is 20.2 Å². The van der Waals surface area contributed by atoms with Gasteiger partial charge in [-0.15, -0.1) is 11.8 Å². The number of fused-ring (bicyclic) bond motifs is 2. The van der Waals surface area contributed by atoms with E-state index in [9.17, 15) is 9.59 Å². The number of rotatable bonds is 5. The summed E-state index contributed by atoms with van der Waals surface area (Å²) < 4.78 is 5.49. The molecule has 0 radical (unpaired) electrons. The summed E-state index contributed by atoms with van der Waals surface area (Å²) in [5.41, 5.74) is 8.82. The van der Waals surface area contributed by atoms with Crippen molar-refractivity contribution in [2.45, 2.75) is 47.7 Å². The Morgan fingerprint density at radius 1 is 1.04 bits per heavy atom. The number of para-hydroxylation sites is 1. The van der Waals surface area contributed by atoms with Crippen molar-refractivity contribution >= 4 is 46.3 Å². The van der Waals surface area contributed by atoms with Gasteiger partial charge in [-0.05, 0) is 91.3 Å². The number of amides is 1. The number of pyridine rings is 1. The Morgan fingerprint density at radius 3 is 2.69 bits per heavy atom.